The summed E-state index contributed by atoms with van der Waals surface area (Å²) in [4.78, 5) is 11.5. The molecule has 108 valence electrons. The fraction of sp³-hybridized carbons (Fsp3) is 0.250. The van der Waals surface area contributed by atoms with Gasteiger partial charge in [-0.1, -0.05) is 15.9 Å². The number of carbonyl (C=O) groups is 1. The highest BCUT2D eigenvalue weighted by Gasteiger charge is 2.63. The molecule has 1 aliphatic rings. The monoisotopic (exact) mass is 352 g/mol. The number of hydrogen-bond acceptors (Lipinski definition) is 4. The molecule has 0 radical (unpaired) electrons. The fourth-order valence-electron chi connectivity index (χ4n) is 1.71. The van der Waals surface area contributed by atoms with E-state index in [4.69, 9.17) is 0 Å². The molecule has 1 aliphatic heterocycles. The van der Waals surface area contributed by atoms with Crippen molar-refractivity contribution in [1.82, 2.24) is 0 Å². The maximum Gasteiger partial charge on any atom is 0.460 e. The minimum atomic E-state index is -5.20. The third-order valence-electron chi connectivity index (χ3n) is 2.68. The van der Waals surface area contributed by atoms with Gasteiger partial charge in [0.25, 0.3) is 0 Å². The van der Waals surface area contributed by atoms with Crippen molar-refractivity contribution in [3.8, 4) is 5.75 Å². The first-order chi connectivity index (χ1) is 9.19. The van der Waals surface area contributed by atoms with Gasteiger partial charge in [0.2, 0.25) is 0 Å². The van der Waals surface area contributed by atoms with Crippen LogP contribution in [0.2, 0.25) is 0 Å². The first-order valence-corrected chi connectivity index (χ1v) is 6.06. The van der Waals surface area contributed by atoms with Gasteiger partial charge in [0, 0.05) is 10.0 Å². The summed E-state index contributed by atoms with van der Waals surface area (Å²) in [6.07, 6.45) is -4.30. The van der Waals surface area contributed by atoms with Crippen molar-refractivity contribution >= 4 is 28.0 Å². The van der Waals surface area contributed by atoms with E-state index in [0.717, 1.165) is 13.2 Å². The molecule has 0 aromatic heterocycles. The fourth-order valence-corrected chi connectivity index (χ4v) is 2.09. The molecule has 20 heavy (non-hydrogen) atoms. The number of rotatable bonds is 1. The van der Waals surface area contributed by atoms with Crippen LogP contribution in [-0.4, -0.2) is 30.1 Å². The van der Waals surface area contributed by atoms with Gasteiger partial charge in [0.15, 0.2) is 0 Å². The Bertz CT molecular complexity index is 597. The number of esters is 1. The lowest BCUT2D eigenvalue weighted by Crippen LogP contribution is -2.54. The van der Waals surface area contributed by atoms with E-state index in [1.807, 2.05) is 0 Å². The van der Waals surface area contributed by atoms with Crippen molar-refractivity contribution in [3.05, 3.63) is 33.8 Å². The molecule has 0 amide bonds. The second-order valence-electron chi connectivity index (χ2n) is 3.98. The third-order valence-corrected chi connectivity index (χ3v) is 3.18. The zero-order chi connectivity index (χ0) is 15.1. The number of ether oxygens (including phenoxy) is 2. The number of hydrogen-bond donors (Lipinski definition) is 1. The predicted octanol–water partition coefficient (Wildman–Crippen LogP) is 2.65. The lowest BCUT2D eigenvalue weighted by Gasteiger charge is -2.34. The Morgan fingerprint density at radius 2 is 2.10 bits per heavy atom. The molecule has 0 saturated carbocycles. The van der Waals surface area contributed by atoms with Crippen LogP contribution in [0.4, 0.5) is 13.2 Å². The van der Waals surface area contributed by atoms with Crippen LogP contribution in [0, 0.1) is 0 Å². The Hall–Kier alpha value is -1.54. The molecule has 1 atom stereocenters. The van der Waals surface area contributed by atoms with Crippen LogP contribution < -0.4 is 4.74 Å². The van der Waals surface area contributed by atoms with Crippen LogP contribution in [-0.2, 0) is 9.53 Å². The molecule has 8 heteroatoms. The van der Waals surface area contributed by atoms with E-state index >= 15 is 0 Å². The lowest BCUT2D eigenvalue weighted by atomic mass is 9.98. The minimum absolute atomic E-state index is 0.194. The van der Waals surface area contributed by atoms with Crippen molar-refractivity contribution in [2.75, 3.05) is 7.11 Å². The Morgan fingerprint density at radius 3 is 2.65 bits per heavy atom. The Morgan fingerprint density at radius 1 is 1.45 bits per heavy atom. The first-order valence-electron chi connectivity index (χ1n) is 5.27. The smallest absolute Gasteiger partial charge is 0.460 e. The van der Waals surface area contributed by atoms with Gasteiger partial charge in [0.1, 0.15) is 11.3 Å². The van der Waals surface area contributed by atoms with Crippen molar-refractivity contribution in [1.29, 1.82) is 0 Å². The molecule has 0 spiro atoms. The number of carbonyl (C=O) groups excluding carboxylic acids is 1. The molecular formula is C12H8BrF3O4. The Kier molecular flexibility index (Phi) is 3.55. The Balaban J connectivity index is 2.64. The molecule has 0 bridgehead atoms. The molecule has 1 aromatic carbocycles. The number of alkyl halides is 3. The van der Waals surface area contributed by atoms with Gasteiger partial charge in [-0.25, -0.2) is 4.79 Å². The van der Waals surface area contributed by atoms with E-state index in [-0.39, 0.29) is 11.3 Å². The average Bonchev–Trinajstić information content (AvgIpc) is 2.36. The molecule has 1 aromatic rings. The van der Waals surface area contributed by atoms with Gasteiger partial charge >= 0.3 is 17.9 Å². The summed E-state index contributed by atoms with van der Waals surface area (Å²) in [7, 11) is 0.913. The van der Waals surface area contributed by atoms with E-state index in [1.54, 1.807) is 0 Å². The van der Waals surface area contributed by atoms with E-state index in [2.05, 4.69) is 25.4 Å². The summed E-state index contributed by atoms with van der Waals surface area (Å²) >= 11 is 3.15. The zero-order valence-electron chi connectivity index (χ0n) is 9.99. The SMILES string of the molecule is COC(=O)C1=Cc2cc(Br)ccc2OC1(O)C(F)(F)F. The van der Waals surface area contributed by atoms with Crippen molar-refractivity contribution in [3.63, 3.8) is 0 Å². The third kappa shape index (κ3) is 2.29. The molecule has 0 aliphatic carbocycles. The first kappa shape index (κ1) is 14.9. The summed E-state index contributed by atoms with van der Waals surface area (Å²) in [5, 5.41) is 9.76. The van der Waals surface area contributed by atoms with Gasteiger partial charge in [-0.3, -0.25) is 0 Å². The number of fused-ring (bicyclic) bond motifs is 1. The summed E-state index contributed by atoms with van der Waals surface area (Å²) < 4.78 is 48.5. The van der Waals surface area contributed by atoms with Crippen LogP contribution in [0.15, 0.2) is 28.2 Å². The highest BCUT2D eigenvalue weighted by Crippen LogP contribution is 2.44. The van der Waals surface area contributed by atoms with E-state index in [9.17, 15) is 23.1 Å². The van der Waals surface area contributed by atoms with Crippen LogP contribution >= 0.6 is 15.9 Å². The molecule has 2 rings (SSSR count). The van der Waals surface area contributed by atoms with E-state index in [1.165, 1.54) is 18.2 Å². The second-order valence-corrected chi connectivity index (χ2v) is 4.89. The molecule has 0 saturated heterocycles. The quantitative estimate of drug-likeness (QED) is 0.789. The van der Waals surface area contributed by atoms with Gasteiger partial charge in [0.05, 0.1) is 7.11 Å². The molecular weight excluding hydrogens is 345 g/mol. The van der Waals surface area contributed by atoms with Crippen LogP contribution in [0.5, 0.6) is 5.75 Å². The molecule has 4 nitrogen and oxygen atoms in total. The van der Waals surface area contributed by atoms with E-state index in [0.29, 0.717) is 4.47 Å². The summed E-state index contributed by atoms with van der Waals surface area (Å²) in [6, 6.07) is 4.15. The second kappa shape index (κ2) is 4.78. The van der Waals surface area contributed by atoms with Crippen molar-refractivity contribution in [2.24, 2.45) is 0 Å². The molecule has 1 N–H and O–H groups in total. The Labute approximate surface area is 119 Å². The maximum absolute atomic E-state index is 13.0. The maximum atomic E-state index is 13.0. The summed E-state index contributed by atoms with van der Waals surface area (Å²) in [6.45, 7) is 0. The van der Waals surface area contributed by atoms with Crippen molar-refractivity contribution < 1.29 is 32.5 Å². The van der Waals surface area contributed by atoms with E-state index < -0.39 is 23.5 Å². The van der Waals surface area contributed by atoms with Crippen LogP contribution in [0.1, 0.15) is 5.56 Å². The summed E-state index contributed by atoms with van der Waals surface area (Å²) in [5.74, 6) is -5.25. The number of methoxy groups -OCH3 is 1. The highest BCUT2D eigenvalue weighted by atomic mass is 79.9. The van der Waals surface area contributed by atoms with Gasteiger partial charge in [-0.05, 0) is 24.3 Å². The normalized spacial score (nSPS) is 21.6. The summed E-state index contributed by atoms with van der Waals surface area (Å²) in [5.41, 5.74) is -0.813. The average molecular weight is 353 g/mol. The predicted molar refractivity (Wildman–Crippen MR) is 65.8 cm³/mol. The minimum Gasteiger partial charge on any atom is -0.465 e. The number of benzene rings is 1. The van der Waals surface area contributed by atoms with Gasteiger partial charge < -0.3 is 14.6 Å². The largest absolute Gasteiger partial charge is 0.465 e. The lowest BCUT2D eigenvalue weighted by molar-refractivity contribution is -0.316. The molecule has 1 unspecified atom stereocenters. The standard InChI is InChI=1S/C12H8BrF3O4/c1-19-10(17)8-5-6-4-7(13)2-3-9(6)20-11(8,18)12(14,15)16/h2-5,18H,1H3. The van der Waals surface area contributed by atoms with Crippen molar-refractivity contribution in [2.45, 2.75) is 12.0 Å². The molecule has 0 fully saturated rings. The zero-order valence-corrected chi connectivity index (χ0v) is 11.6. The van der Waals surface area contributed by atoms with Crippen LogP contribution in [0.3, 0.4) is 0 Å². The number of aliphatic hydroxyl groups is 1. The van der Waals surface area contributed by atoms with Gasteiger partial charge in [-0.2, -0.15) is 13.2 Å². The topological polar surface area (TPSA) is 55.8 Å². The molecule has 1 heterocycles. The number of halogens is 4. The highest BCUT2D eigenvalue weighted by molar-refractivity contribution is 9.10. The van der Waals surface area contributed by atoms with Gasteiger partial charge in [-0.15, -0.1) is 0 Å². The van der Waals surface area contributed by atoms with Crippen LogP contribution in [0.25, 0.3) is 6.08 Å².